The number of carbonyl (C=O) groups is 3. The van der Waals surface area contributed by atoms with Gasteiger partial charge in [-0.1, -0.05) is 23.7 Å². The minimum Gasteiger partial charge on any atom is -0.338 e. The quantitative estimate of drug-likeness (QED) is 0.839. The summed E-state index contributed by atoms with van der Waals surface area (Å²) in [6, 6.07) is 6.36. The molecule has 0 spiro atoms. The van der Waals surface area contributed by atoms with Crippen molar-refractivity contribution in [2.45, 2.75) is 44.7 Å². The van der Waals surface area contributed by atoms with Gasteiger partial charge in [0.25, 0.3) is 5.91 Å². The van der Waals surface area contributed by atoms with Gasteiger partial charge in [-0.25, -0.2) is 4.79 Å². The molecular weight excluding hydrogens is 342 g/mol. The standard InChI is InChI=1S/C18H22ClN3O3/c1-12-5-3-4-10-21(12)15(23)11-22-16(24)18(2,20-17(22)25)13-6-8-14(19)9-7-13/h6-9,12H,3-5,10-11H2,1-2H3,(H,20,25). The van der Waals surface area contributed by atoms with Crippen LogP contribution in [0.2, 0.25) is 5.02 Å². The fraction of sp³-hybridized carbons (Fsp3) is 0.500. The zero-order valence-corrected chi connectivity index (χ0v) is 15.2. The highest BCUT2D eigenvalue weighted by Gasteiger charge is 2.49. The number of nitrogens with zero attached hydrogens (tertiary/aromatic N) is 2. The Morgan fingerprint density at radius 2 is 1.96 bits per heavy atom. The van der Waals surface area contributed by atoms with Crippen molar-refractivity contribution in [3.05, 3.63) is 34.9 Å². The molecule has 1 aromatic rings. The van der Waals surface area contributed by atoms with E-state index in [0.717, 1.165) is 24.2 Å². The minimum absolute atomic E-state index is 0.143. The summed E-state index contributed by atoms with van der Waals surface area (Å²) in [5.41, 5.74) is -0.549. The molecule has 3 rings (SSSR count). The number of piperidine rings is 1. The van der Waals surface area contributed by atoms with E-state index in [1.807, 2.05) is 6.92 Å². The topological polar surface area (TPSA) is 69.7 Å². The lowest BCUT2D eigenvalue weighted by atomic mass is 9.92. The van der Waals surface area contributed by atoms with Crippen molar-refractivity contribution < 1.29 is 14.4 Å². The predicted octanol–water partition coefficient (Wildman–Crippen LogP) is 2.51. The number of halogens is 1. The average molecular weight is 364 g/mol. The predicted molar refractivity (Wildman–Crippen MR) is 94.1 cm³/mol. The van der Waals surface area contributed by atoms with Crippen LogP contribution in [-0.4, -0.2) is 46.8 Å². The molecule has 25 heavy (non-hydrogen) atoms. The molecule has 134 valence electrons. The highest BCUT2D eigenvalue weighted by atomic mass is 35.5. The van der Waals surface area contributed by atoms with Crippen LogP contribution in [0.15, 0.2) is 24.3 Å². The molecule has 0 aliphatic carbocycles. The van der Waals surface area contributed by atoms with Crippen molar-refractivity contribution >= 4 is 29.4 Å². The molecule has 0 saturated carbocycles. The highest BCUT2D eigenvalue weighted by molar-refractivity contribution is 6.30. The third kappa shape index (κ3) is 3.23. The Balaban J connectivity index is 1.77. The summed E-state index contributed by atoms with van der Waals surface area (Å²) < 4.78 is 0. The van der Waals surface area contributed by atoms with Gasteiger partial charge in [0.15, 0.2) is 0 Å². The van der Waals surface area contributed by atoms with E-state index in [1.54, 1.807) is 36.1 Å². The molecule has 2 fully saturated rings. The first kappa shape index (κ1) is 17.7. The van der Waals surface area contributed by atoms with Crippen LogP contribution in [0.3, 0.4) is 0 Å². The molecule has 0 radical (unpaired) electrons. The van der Waals surface area contributed by atoms with Gasteiger partial charge in [0.1, 0.15) is 12.1 Å². The summed E-state index contributed by atoms with van der Waals surface area (Å²) in [6.07, 6.45) is 3.01. The molecule has 1 aromatic carbocycles. The fourth-order valence-corrected chi connectivity index (χ4v) is 3.64. The molecule has 4 amide bonds. The van der Waals surface area contributed by atoms with Crippen LogP contribution >= 0.6 is 11.6 Å². The van der Waals surface area contributed by atoms with Gasteiger partial charge in [-0.05, 0) is 50.8 Å². The number of benzene rings is 1. The van der Waals surface area contributed by atoms with E-state index in [2.05, 4.69) is 5.32 Å². The van der Waals surface area contributed by atoms with Gasteiger partial charge in [-0.3, -0.25) is 14.5 Å². The number of hydrogen-bond donors (Lipinski definition) is 1. The van der Waals surface area contributed by atoms with Crippen molar-refractivity contribution in [2.75, 3.05) is 13.1 Å². The van der Waals surface area contributed by atoms with Crippen molar-refractivity contribution in [1.82, 2.24) is 15.1 Å². The van der Waals surface area contributed by atoms with Crippen molar-refractivity contribution in [2.24, 2.45) is 0 Å². The van der Waals surface area contributed by atoms with Gasteiger partial charge < -0.3 is 10.2 Å². The number of carbonyl (C=O) groups excluding carboxylic acids is 3. The second kappa shape index (κ2) is 6.67. The summed E-state index contributed by atoms with van der Waals surface area (Å²) in [6.45, 7) is 4.10. The molecule has 2 saturated heterocycles. The largest absolute Gasteiger partial charge is 0.338 e. The SMILES string of the molecule is CC1CCCCN1C(=O)CN1C(=O)NC(C)(c2ccc(Cl)cc2)C1=O. The van der Waals surface area contributed by atoms with Crippen LogP contribution in [-0.2, 0) is 15.1 Å². The third-order valence-electron chi connectivity index (χ3n) is 5.11. The first-order chi connectivity index (χ1) is 11.8. The van der Waals surface area contributed by atoms with Gasteiger partial charge in [0.2, 0.25) is 5.91 Å². The molecule has 2 unspecified atom stereocenters. The molecule has 1 N–H and O–H groups in total. The monoisotopic (exact) mass is 363 g/mol. The summed E-state index contributed by atoms with van der Waals surface area (Å²) >= 11 is 5.89. The molecular formula is C18H22ClN3O3. The number of likely N-dealkylation sites (tertiary alicyclic amines) is 1. The number of amides is 4. The average Bonchev–Trinajstić information content (AvgIpc) is 2.80. The van der Waals surface area contributed by atoms with Gasteiger partial charge in [-0.2, -0.15) is 0 Å². The summed E-state index contributed by atoms with van der Waals surface area (Å²) in [5.74, 6) is -0.603. The zero-order valence-electron chi connectivity index (χ0n) is 14.4. The van der Waals surface area contributed by atoms with Crippen LogP contribution in [0, 0.1) is 0 Å². The van der Waals surface area contributed by atoms with Crippen LogP contribution in [0.25, 0.3) is 0 Å². The second-order valence-corrected chi connectivity index (χ2v) is 7.32. The maximum absolute atomic E-state index is 12.9. The Labute approximate surface area is 152 Å². The summed E-state index contributed by atoms with van der Waals surface area (Å²) in [5, 5.41) is 3.26. The molecule has 2 aliphatic rings. The normalized spacial score (nSPS) is 26.8. The summed E-state index contributed by atoms with van der Waals surface area (Å²) in [7, 11) is 0. The van der Waals surface area contributed by atoms with Gasteiger partial charge >= 0.3 is 6.03 Å². The maximum atomic E-state index is 12.9. The lowest BCUT2D eigenvalue weighted by Crippen LogP contribution is -2.48. The minimum atomic E-state index is -1.19. The summed E-state index contributed by atoms with van der Waals surface area (Å²) in [4.78, 5) is 40.6. The van der Waals surface area contributed by atoms with E-state index >= 15 is 0 Å². The molecule has 6 nitrogen and oxygen atoms in total. The van der Waals surface area contributed by atoms with Crippen molar-refractivity contribution in [3.8, 4) is 0 Å². The van der Waals surface area contributed by atoms with Crippen LogP contribution in [0.1, 0.15) is 38.7 Å². The first-order valence-electron chi connectivity index (χ1n) is 8.52. The Morgan fingerprint density at radius 1 is 1.28 bits per heavy atom. The van der Waals surface area contributed by atoms with E-state index in [9.17, 15) is 14.4 Å². The molecule has 7 heteroatoms. The maximum Gasteiger partial charge on any atom is 0.325 e. The van der Waals surface area contributed by atoms with E-state index < -0.39 is 17.5 Å². The van der Waals surface area contributed by atoms with E-state index in [-0.39, 0.29) is 18.5 Å². The van der Waals surface area contributed by atoms with E-state index in [0.29, 0.717) is 17.1 Å². The first-order valence-corrected chi connectivity index (χ1v) is 8.90. The Hall–Kier alpha value is -2.08. The molecule has 2 aliphatic heterocycles. The third-order valence-corrected chi connectivity index (χ3v) is 5.37. The molecule has 0 bridgehead atoms. The molecule has 0 aromatic heterocycles. The fourth-order valence-electron chi connectivity index (χ4n) is 3.51. The van der Waals surface area contributed by atoms with E-state index in [1.165, 1.54) is 0 Å². The van der Waals surface area contributed by atoms with E-state index in [4.69, 9.17) is 11.6 Å². The van der Waals surface area contributed by atoms with Gasteiger partial charge in [-0.15, -0.1) is 0 Å². The second-order valence-electron chi connectivity index (χ2n) is 6.89. The number of hydrogen-bond acceptors (Lipinski definition) is 3. The van der Waals surface area contributed by atoms with Crippen LogP contribution < -0.4 is 5.32 Å². The zero-order chi connectivity index (χ0) is 18.2. The molecule has 2 heterocycles. The highest BCUT2D eigenvalue weighted by Crippen LogP contribution is 2.30. The van der Waals surface area contributed by atoms with Gasteiger partial charge in [0.05, 0.1) is 0 Å². The van der Waals surface area contributed by atoms with Gasteiger partial charge in [0, 0.05) is 17.6 Å². The lowest BCUT2D eigenvalue weighted by Gasteiger charge is -2.34. The number of imide groups is 1. The Kier molecular flexibility index (Phi) is 4.73. The number of rotatable bonds is 3. The lowest BCUT2D eigenvalue weighted by molar-refractivity contribution is -0.140. The van der Waals surface area contributed by atoms with Crippen LogP contribution in [0.5, 0.6) is 0 Å². The van der Waals surface area contributed by atoms with Crippen molar-refractivity contribution in [1.29, 1.82) is 0 Å². The number of nitrogens with one attached hydrogen (secondary N) is 1. The Morgan fingerprint density at radius 3 is 2.60 bits per heavy atom. The Bertz CT molecular complexity index is 706. The molecule has 2 atom stereocenters. The number of urea groups is 1. The smallest absolute Gasteiger partial charge is 0.325 e. The van der Waals surface area contributed by atoms with Crippen LogP contribution in [0.4, 0.5) is 4.79 Å². The van der Waals surface area contributed by atoms with Crippen molar-refractivity contribution in [3.63, 3.8) is 0 Å².